The highest BCUT2D eigenvalue weighted by molar-refractivity contribution is 5.69. The smallest absolute Gasteiger partial charge is 0.305 e. The van der Waals surface area contributed by atoms with Crippen molar-refractivity contribution in [2.24, 2.45) is 0 Å². The van der Waals surface area contributed by atoms with Crippen LogP contribution >= 0.6 is 0 Å². The molecule has 0 aromatic heterocycles. The number of aliphatic hydroxyl groups is 4. The number of esters is 1. The Labute approximate surface area is 124 Å². The first kappa shape index (κ1) is 18.3. The van der Waals surface area contributed by atoms with Crippen molar-refractivity contribution in [3.8, 4) is 0 Å². The minimum atomic E-state index is -2.18. The molecule has 0 unspecified atom stereocenters. The first-order chi connectivity index (χ1) is 9.94. The van der Waals surface area contributed by atoms with Crippen molar-refractivity contribution in [3.05, 3.63) is 0 Å². The largest absolute Gasteiger partial charge is 0.460 e. The van der Waals surface area contributed by atoms with Gasteiger partial charge < -0.3 is 29.9 Å². The lowest BCUT2D eigenvalue weighted by molar-refractivity contribution is -0.253. The van der Waals surface area contributed by atoms with Crippen molar-refractivity contribution in [3.63, 3.8) is 0 Å². The second-order valence-electron chi connectivity index (χ2n) is 5.44. The van der Waals surface area contributed by atoms with Gasteiger partial charge in [0.25, 0.3) is 0 Å². The van der Waals surface area contributed by atoms with Crippen molar-refractivity contribution in [2.75, 3.05) is 13.2 Å². The Morgan fingerprint density at radius 3 is 2.48 bits per heavy atom. The van der Waals surface area contributed by atoms with Gasteiger partial charge in [-0.3, -0.25) is 4.79 Å². The van der Waals surface area contributed by atoms with Gasteiger partial charge >= 0.3 is 5.97 Å². The maximum Gasteiger partial charge on any atom is 0.305 e. The quantitative estimate of drug-likeness (QED) is 0.341. The summed E-state index contributed by atoms with van der Waals surface area (Å²) in [6.45, 7) is 0.983. The molecular formula is C14H26O7. The predicted molar refractivity (Wildman–Crippen MR) is 73.3 cm³/mol. The van der Waals surface area contributed by atoms with Crippen LogP contribution in [-0.4, -0.2) is 63.7 Å². The van der Waals surface area contributed by atoms with Crippen molar-refractivity contribution >= 4 is 5.97 Å². The van der Waals surface area contributed by atoms with Crippen molar-refractivity contribution in [1.29, 1.82) is 0 Å². The fraction of sp³-hybridized carbons (Fsp3) is 0.929. The lowest BCUT2D eigenvalue weighted by Gasteiger charge is -2.25. The number of ether oxygens (including phenoxy) is 2. The van der Waals surface area contributed by atoms with E-state index in [1.165, 1.54) is 0 Å². The summed E-state index contributed by atoms with van der Waals surface area (Å²) in [4.78, 5) is 11.5. The van der Waals surface area contributed by atoms with Crippen LogP contribution < -0.4 is 0 Å². The van der Waals surface area contributed by atoms with Crippen LogP contribution in [0.4, 0.5) is 0 Å². The summed E-state index contributed by atoms with van der Waals surface area (Å²) in [5, 5.41) is 38.2. The molecule has 124 valence electrons. The van der Waals surface area contributed by atoms with E-state index in [1.54, 1.807) is 0 Å². The molecule has 1 heterocycles. The molecule has 0 aromatic carbocycles. The van der Waals surface area contributed by atoms with Crippen molar-refractivity contribution in [2.45, 2.75) is 69.5 Å². The van der Waals surface area contributed by atoms with Crippen LogP contribution in [0.1, 0.15) is 45.4 Å². The summed E-state index contributed by atoms with van der Waals surface area (Å²) in [6.07, 6.45) is 1.07. The molecule has 7 nitrogen and oxygen atoms in total. The highest BCUT2D eigenvalue weighted by atomic mass is 16.7. The Morgan fingerprint density at radius 1 is 1.24 bits per heavy atom. The zero-order valence-corrected chi connectivity index (χ0v) is 12.4. The molecule has 7 heteroatoms. The number of carbonyl (C=O) groups is 1. The van der Waals surface area contributed by atoms with Gasteiger partial charge in [-0.25, -0.2) is 0 Å². The molecule has 0 spiro atoms. The van der Waals surface area contributed by atoms with Crippen LogP contribution in [0.2, 0.25) is 0 Å². The molecule has 4 atom stereocenters. The zero-order chi connectivity index (χ0) is 15.9. The number of hydrogen-bond donors (Lipinski definition) is 4. The average molecular weight is 306 g/mol. The Morgan fingerprint density at radius 2 is 1.90 bits per heavy atom. The second kappa shape index (κ2) is 8.65. The van der Waals surface area contributed by atoms with Crippen LogP contribution in [0, 0.1) is 0 Å². The van der Waals surface area contributed by atoms with Gasteiger partial charge in [0.05, 0.1) is 6.61 Å². The number of hydrogen-bond acceptors (Lipinski definition) is 7. The molecular weight excluding hydrogens is 280 g/mol. The van der Waals surface area contributed by atoms with E-state index in [0.29, 0.717) is 6.42 Å². The molecule has 0 amide bonds. The summed E-state index contributed by atoms with van der Waals surface area (Å²) in [5.74, 6) is -2.66. The van der Waals surface area contributed by atoms with E-state index in [-0.39, 0.29) is 6.42 Å². The van der Waals surface area contributed by atoms with Crippen LogP contribution in [0.3, 0.4) is 0 Å². The van der Waals surface area contributed by atoms with E-state index in [0.717, 1.165) is 25.7 Å². The Kier molecular flexibility index (Phi) is 7.55. The van der Waals surface area contributed by atoms with Gasteiger partial charge in [0, 0.05) is 6.42 Å². The molecule has 0 radical (unpaired) electrons. The summed E-state index contributed by atoms with van der Waals surface area (Å²) in [5.41, 5.74) is 0. The summed E-state index contributed by atoms with van der Waals surface area (Å²) >= 11 is 0. The van der Waals surface area contributed by atoms with E-state index < -0.39 is 43.3 Å². The van der Waals surface area contributed by atoms with Crippen molar-refractivity contribution < 1.29 is 34.7 Å². The lowest BCUT2D eigenvalue weighted by Crippen LogP contribution is -2.47. The second-order valence-corrected chi connectivity index (χ2v) is 5.44. The molecule has 1 saturated heterocycles. The summed E-state index contributed by atoms with van der Waals surface area (Å²) in [6, 6.07) is 0. The molecule has 0 aromatic rings. The molecule has 4 N–H and O–H groups in total. The molecule has 1 fully saturated rings. The van der Waals surface area contributed by atoms with Crippen molar-refractivity contribution in [1.82, 2.24) is 0 Å². The van der Waals surface area contributed by atoms with Gasteiger partial charge in [-0.2, -0.15) is 0 Å². The predicted octanol–water partition coefficient (Wildman–Crippen LogP) is -0.308. The van der Waals surface area contributed by atoms with Gasteiger partial charge in [-0.1, -0.05) is 32.6 Å². The Balaban J connectivity index is 2.29. The van der Waals surface area contributed by atoms with Gasteiger partial charge in [-0.15, -0.1) is 0 Å². The van der Waals surface area contributed by atoms with Crippen LogP contribution in [0.15, 0.2) is 0 Å². The number of carbonyl (C=O) groups excluding carboxylic acids is 1. The standard InChI is InChI=1S/C14H26O7/c1-2-3-4-5-6-7-11(16)20-9-14(19)13(18)12(17)10(8-15)21-14/h10,12-13,15,17-19H,2-9H2,1H3/t10-,12-,13+,14-/m1/s1. The summed E-state index contributed by atoms with van der Waals surface area (Å²) < 4.78 is 9.84. The summed E-state index contributed by atoms with van der Waals surface area (Å²) in [7, 11) is 0. The van der Waals surface area contributed by atoms with E-state index in [2.05, 4.69) is 6.92 Å². The van der Waals surface area contributed by atoms with E-state index in [4.69, 9.17) is 14.6 Å². The third-order valence-electron chi connectivity index (χ3n) is 3.63. The SMILES string of the molecule is CCCCCCCC(=O)OC[C@@]1(O)O[C@H](CO)[C@@H](O)[C@@H]1O. The maximum atomic E-state index is 11.5. The zero-order valence-electron chi connectivity index (χ0n) is 12.4. The molecule has 21 heavy (non-hydrogen) atoms. The Hall–Kier alpha value is -0.730. The number of unbranched alkanes of at least 4 members (excludes halogenated alkanes) is 4. The lowest BCUT2D eigenvalue weighted by atomic mass is 10.1. The molecule has 1 aliphatic heterocycles. The third kappa shape index (κ3) is 5.19. The highest BCUT2D eigenvalue weighted by Gasteiger charge is 2.54. The number of rotatable bonds is 9. The third-order valence-corrected chi connectivity index (χ3v) is 3.63. The fourth-order valence-electron chi connectivity index (χ4n) is 2.27. The van der Waals surface area contributed by atoms with Gasteiger partial charge in [0.2, 0.25) is 5.79 Å². The normalized spacial score (nSPS) is 32.3. The maximum absolute atomic E-state index is 11.5. The number of aliphatic hydroxyl groups excluding tert-OH is 3. The van der Waals surface area contributed by atoms with Crippen LogP contribution in [-0.2, 0) is 14.3 Å². The molecule has 1 rings (SSSR count). The highest BCUT2D eigenvalue weighted by Crippen LogP contribution is 2.29. The molecule has 1 aliphatic rings. The molecule has 0 saturated carbocycles. The fourth-order valence-corrected chi connectivity index (χ4v) is 2.27. The van der Waals surface area contributed by atoms with Gasteiger partial charge in [0.1, 0.15) is 24.9 Å². The minimum Gasteiger partial charge on any atom is -0.460 e. The monoisotopic (exact) mass is 306 g/mol. The van der Waals surface area contributed by atoms with E-state index >= 15 is 0 Å². The minimum absolute atomic E-state index is 0.238. The molecule has 0 bridgehead atoms. The first-order valence-electron chi connectivity index (χ1n) is 7.47. The average Bonchev–Trinajstić information content (AvgIpc) is 2.69. The first-order valence-corrected chi connectivity index (χ1v) is 7.47. The van der Waals surface area contributed by atoms with Gasteiger partial charge in [-0.05, 0) is 6.42 Å². The topological polar surface area (TPSA) is 116 Å². The molecule has 0 aliphatic carbocycles. The Bertz CT molecular complexity index is 322. The van der Waals surface area contributed by atoms with E-state index in [9.17, 15) is 20.1 Å². The van der Waals surface area contributed by atoms with Gasteiger partial charge in [0.15, 0.2) is 0 Å². The van der Waals surface area contributed by atoms with E-state index in [1.807, 2.05) is 0 Å². The van der Waals surface area contributed by atoms with Crippen LogP contribution in [0.5, 0.6) is 0 Å². The van der Waals surface area contributed by atoms with Crippen LogP contribution in [0.25, 0.3) is 0 Å².